The van der Waals surface area contributed by atoms with Crippen LogP contribution in [0.1, 0.15) is 16.2 Å². The number of ether oxygens (including phenoxy) is 4. The second kappa shape index (κ2) is 17.2. The first-order chi connectivity index (χ1) is 14.7. The van der Waals surface area contributed by atoms with Crippen molar-refractivity contribution in [3.05, 3.63) is 48.0 Å². The largest absolute Gasteiger partial charge is 0.490 e. The molecule has 0 spiro atoms. The van der Waals surface area contributed by atoms with Crippen molar-refractivity contribution in [3.63, 3.8) is 0 Å². The molecule has 2 heterocycles. The smallest absolute Gasteiger partial charge is 0.168 e. The van der Waals surface area contributed by atoms with Crippen LogP contribution in [-0.2, 0) is 16.1 Å². The standard InChI is InChI=1S/C10H14FNO3.C10H12FNO3/c2*11-3-4-14-5-6-15-10-2-1-9(8-13)12-7-10/h1-2,7,13H,3-6,8H2;1-2,7-8H,3-6H2. The summed E-state index contributed by atoms with van der Waals surface area (Å²) >= 11 is 0. The molecule has 0 aliphatic carbocycles. The second-order valence-electron chi connectivity index (χ2n) is 5.48. The van der Waals surface area contributed by atoms with E-state index in [0.29, 0.717) is 55.6 Å². The summed E-state index contributed by atoms with van der Waals surface area (Å²) in [5, 5.41) is 8.74. The zero-order chi connectivity index (χ0) is 21.9. The molecule has 30 heavy (non-hydrogen) atoms. The third-order valence-corrected chi connectivity index (χ3v) is 3.28. The molecular weight excluding hydrogens is 402 g/mol. The summed E-state index contributed by atoms with van der Waals surface area (Å²) in [5.41, 5.74) is 0.951. The SMILES string of the molecule is O=Cc1ccc(OCCOCCF)cn1.OCc1ccc(OCCOCCF)cn1. The molecule has 2 rings (SSSR count). The average Bonchev–Trinajstić information content (AvgIpc) is 2.80. The van der Waals surface area contributed by atoms with Crippen LogP contribution in [0.2, 0.25) is 0 Å². The van der Waals surface area contributed by atoms with E-state index in [4.69, 9.17) is 24.1 Å². The van der Waals surface area contributed by atoms with Gasteiger partial charge in [0.2, 0.25) is 0 Å². The number of hydrogen-bond donors (Lipinski definition) is 1. The van der Waals surface area contributed by atoms with E-state index in [1.54, 1.807) is 24.3 Å². The minimum Gasteiger partial charge on any atom is -0.490 e. The Morgan fingerprint density at radius 2 is 1.37 bits per heavy atom. The van der Waals surface area contributed by atoms with Gasteiger partial charge in [0.05, 0.1) is 51.1 Å². The van der Waals surface area contributed by atoms with Gasteiger partial charge < -0.3 is 24.1 Å². The van der Waals surface area contributed by atoms with E-state index in [-0.39, 0.29) is 19.8 Å². The molecule has 10 heteroatoms. The third-order valence-electron chi connectivity index (χ3n) is 3.28. The highest BCUT2D eigenvalue weighted by atomic mass is 19.1. The Morgan fingerprint density at radius 1 is 0.800 bits per heavy atom. The number of hydrogen-bond acceptors (Lipinski definition) is 8. The fourth-order valence-corrected chi connectivity index (χ4v) is 1.89. The maximum atomic E-state index is 11.6. The van der Waals surface area contributed by atoms with Crippen LogP contribution in [0.4, 0.5) is 8.78 Å². The second-order valence-corrected chi connectivity index (χ2v) is 5.48. The van der Waals surface area contributed by atoms with Gasteiger partial charge in [-0.25, -0.2) is 13.8 Å². The number of carbonyl (C=O) groups is 1. The molecular formula is C20H26F2N2O6. The molecule has 8 nitrogen and oxygen atoms in total. The first kappa shape index (κ1) is 25.3. The number of aliphatic hydroxyl groups is 1. The summed E-state index contributed by atoms with van der Waals surface area (Å²) in [5.74, 6) is 1.17. The van der Waals surface area contributed by atoms with Crippen LogP contribution in [0.25, 0.3) is 0 Å². The molecule has 0 bridgehead atoms. The van der Waals surface area contributed by atoms with Crippen molar-refractivity contribution in [1.29, 1.82) is 0 Å². The first-order valence-electron chi connectivity index (χ1n) is 9.23. The van der Waals surface area contributed by atoms with E-state index in [2.05, 4.69) is 9.97 Å². The molecule has 0 aliphatic heterocycles. The number of halogens is 2. The van der Waals surface area contributed by atoms with Crippen molar-refractivity contribution < 1.29 is 37.6 Å². The van der Waals surface area contributed by atoms with Crippen LogP contribution >= 0.6 is 0 Å². The number of aldehydes is 1. The lowest BCUT2D eigenvalue weighted by atomic mass is 10.3. The van der Waals surface area contributed by atoms with Gasteiger partial charge >= 0.3 is 0 Å². The molecule has 0 unspecified atom stereocenters. The lowest BCUT2D eigenvalue weighted by Crippen LogP contribution is -2.08. The molecule has 166 valence electrons. The summed E-state index contributed by atoms with van der Waals surface area (Å²) < 4.78 is 43.5. The van der Waals surface area contributed by atoms with Gasteiger partial charge in [-0.3, -0.25) is 9.78 Å². The van der Waals surface area contributed by atoms with Gasteiger partial charge in [-0.05, 0) is 24.3 Å². The fourth-order valence-electron chi connectivity index (χ4n) is 1.89. The van der Waals surface area contributed by atoms with Gasteiger partial charge in [0.1, 0.15) is 43.8 Å². The quantitative estimate of drug-likeness (QED) is 0.361. The molecule has 0 radical (unpaired) electrons. The molecule has 0 amide bonds. The number of carbonyl (C=O) groups excluding carboxylic acids is 1. The third kappa shape index (κ3) is 12.0. The number of pyridine rings is 2. The number of alkyl halides is 2. The highest BCUT2D eigenvalue weighted by Gasteiger charge is 1.97. The van der Waals surface area contributed by atoms with Crippen molar-refractivity contribution in [2.24, 2.45) is 0 Å². The van der Waals surface area contributed by atoms with Crippen molar-refractivity contribution in [1.82, 2.24) is 9.97 Å². The Hall–Kier alpha value is -2.69. The van der Waals surface area contributed by atoms with Crippen LogP contribution < -0.4 is 9.47 Å². The Balaban J connectivity index is 0.000000300. The Bertz CT molecular complexity index is 674. The first-order valence-corrected chi connectivity index (χ1v) is 9.23. The van der Waals surface area contributed by atoms with Gasteiger partial charge in [-0.15, -0.1) is 0 Å². The molecule has 2 aromatic rings. The maximum absolute atomic E-state index is 11.6. The predicted octanol–water partition coefficient (Wildman–Crippen LogP) is 2.20. The zero-order valence-corrected chi connectivity index (χ0v) is 16.5. The van der Waals surface area contributed by atoms with Gasteiger partial charge in [0.25, 0.3) is 0 Å². The predicted molar refractivity (Wildman–Crippen MR) is 104 cm³/mol. The van der Waals surface area contributed by atoms with E-state index < -0.39 is 13.3 Å². The summed E-state index contributed by atoms with van der Waals surface area (Å²) in [6, 6.07) is 6.60. The minimum atomic E-state index is -0.490. The van der Waals surface area contributed by atoms with Gasteiger partial charge in [-0.1, -0.05) is 0 Å². The molecule has 2 aromatic heterocycles. The Morgan fingerprint density at radius 3 is 1.77 bits per heavy atom. The summed E-state index contributed by atoms with van der Waals surface area (Å²) in [6.45, 7) is 0.520. The van der Waals surface area contributed by atoms with E-state index >= 15 is 0 Å². The maximum Gasteiger partial charge on any atom is 0.168 e. The van der Waals surface area contributed by atoms with Gasteiger partial charge in [0.15, 0.2) is 6.29 Å². The van der Waals surface area contributed by atoms with E-state index in [1.807, 2.05) is 0 Å². The van der Waals surface area contributed by atoms with Crippen molar-refractivity contribution in [2.75, 3.05) is 53.0 Å². The zero-order valence-electron chi connectivity index (χ0n) is 16.5. The monoisotopic (exact) mass is 428 g/mol. The number of rotatable bonds is 14. The highest BCUT2D eigenvalue weighted by Crippen LogP contribution is 2.09. The summed E-state index contributed by atoms with van der Waals surface area (Å²) in [7, 11) is 0. The van der Waals surface area contributed by atoms with Crippen LogP contribution in [0, 0.1) is 0 Å². The van der Waals surface area contributed by atoms with Crippen molar-refractivity contribution in [3.8, 4) is 11.5 Å². The number of aromatic nitrogens is 2. The van der Waals surface area contributed by atoms with Gasteiger partial charge in [-0.2, -0.15) is 0 Å². The number of aliphatic hydroxyl groups excluding tert-OH is 1. The van der Waals surface area contributed by atoms with Crippen LogP contribution in [0.15, 0.2) is 36.7 Å². The Labute approximate surface area is 173 Å². The molecule has 0 atom stereocenters. The molecule has 0 saturated heterocycles. The molecule has 1 N–H and O–H groups in total. The lowest BCUT2D eigenvalue weighted by Gasteiger charge is -2.06. The summed E-state index contributed by atoms with van der Waals surface area (Å²) in [6.07, 6.45) is 3.65. The number of nitrogens with zero attached hydrogens (tertiary/aromatic N) is 2. The lowest BCUT2D eigenvalue weighted by molar-refractivity contribution is 0.0896. The highest BCUT2D eigenvalue weighted by molar-refractivity contribution is 5.71. The molecule has 0 aliphatic rings. The van der Waals surface area contributed by atoms with E-state index in [1.165, 1.54) is 12.4 Å². The molecule has 0 saturated carbocycles. The molecule has 0 aromatic carbocycles. The van der Waals surface area contributed by atoms with Crippen molar-refractivity contribution in [2.45, 2.75) is 6.61 Å². The van der Waals surface area contributed by atoms with Crippen LogP contribution in [0.5, 0.6) is 11.5 Å². The van der Waals surface area contributed by atoms with E-state index in [9.17, 15) is 13.6 Å². The average molecular weight is 428 g/mol. The van der Waals surface area contributed by atoms with Crippen LogP contribution in [-0.4, -0.2) is 74.4 Å². The summed E-state index contributed by atoms with van der Waals surface area (Å²) in [4.78, 5) is 18.0. The minimum absolute atomic E-state index is 0.0834. The topological polar surface area (TPSA) is 100 Å². The normalized spacial score (nSPS) is 10.1. The fraction of sp³-hybridized carbons (Fsp3) is 0.450. The molecule has 0 fully saturated rings. The van der Waals surface area contributed by atoms with Crippen molar-refractivity contribution >= 4 is 6.29 Å². The van der Waals surface area contributed by atoms with Crippen LogP contribution in [0.3, 0.4) is 0 Å². The Kier molecular flexibility index (Phi) is 14.5. The van der Waals surface area contributed by atoms with E-state index in [0.717, 1.165) is 0 Å². The van der Waals surface area contributed by atoms with Gasteiger partial charge in [0, 0.05) is 0 Å².